The molecule has 0 radical (unpaired) electrons. The summed E-state index contributed by atoms with van der Waals surface area (Å²) < 4.78 is 12.7. The molecule has 2 fully saturated rings. The van der Waals surface area contributed by atoms with Crippen molar-refractivity contribution in [2.75, 3.05) is 38.4 Å². The highest BCUT2D eigenvalue weighted by molar-refractivity contribution is 6.35. The number of fused-ring (bicyclic) bond motifs is 3. The van der Waals surface area contributed by atoms with Crippen LogP contribution in [0.25, 0.3) is 33.2 Å². The molecule has 2 aliphatic heterocycles. The summed E-state index contributed by atoms with van der Waals surface area (Å²) in [6.45, 7) is 2.14. The van der Waals surface area contributed by atoms with Gasteiger partial charge in [-0.05, 0) is 37.0 Å². The van der Waals surface area contributed by atoms with Crippen LogP contribution in [0.15, 0.2) is 36.7 Å². The Labute approximate surface area is 218 Å². The average molecular weight is 523 g/mol. The quantitative estimate of drug-likeness (QED) is 0.384. The number of ether oxygens (including phenoxy) is 2. The Balaban J connectivity index is 1.35. The third kappa shape index (κ3) is 4.30. The highest BCUT2D eigenvalue weighted by Crippen LogP contribution is 2.38. The fourth-order valence-electron chi connectivity index (χ4n) is 5.61. The predicted molar refractivity (Wildman–Crippen MR) is 140 cm³/mol. The molecule has 2 atom stereocenters. The van der Waals surface area contributed by atoms with Gasteiger partial charge in [0.25, 0.3) is 0 Å². The van der Waals surface area contributed by atoms with E-state index >= 15 is 0 Å². The molecule has 1 N–H and O–H groups in total. The van der Waals surface area contributed by atoms with E-state index in [1.54, 1.807) is 22.9 Å². The van der Waals surface area contributed by atoms with E-state index in [9.17, 15) is 9.90 Å². The molecule has 4 aromatic rings. The van der Waals surface area contributed by atoms with Gasteiger partial charge in [-0.25, -0.2) is 14.8 Å². The minimum atomic E-state index is -0.841. The minimum absolute atomic E-state index is 0.00540. The molecule has 10 nitrogen and oxygen atoms in total. The van der Waals surface area contributed by atoms with Gasteiger partial charge >= 0.3 is 6.09 Å². The Bertz CT molecular complexity index is 1510. The number of rotatable bonds is 5. The van der Waals surface area contributed by atoms with Gasteiger partial charge in [0, 0.05) is 62.4 Å². The first-order valence-electron chi connectivity index (χ1n) is 12.2. The average Bonchev–Trinajstić information content (AvgIpc) is 3.48. The molecule has 0 spiro atoms. The lowest BCUT2D eigenvalue weighted by atomic mass is 9.92. The van der Waals surface area contributed by atoms with Gasteiger partial charge in [-0.15, -0.1) is 0 Å². The Hall–Kier alpha value is -3.63. The van der Waals surface area contributed by atoms with E-state index in [1.807, 2.05) is 37.5 Å². The molecule has 11 heteroatoms. The van der Waals surface area contributed by atoms with Crippen LogP contribution in [0, 0.1) is 5.92 Å². The maximum Gasteiger partial charge on any atom is 0.407 e. The zero-order chi connectivity index (χ0) is 25.7. The number of hydrogen-bond donors (Lipinski definition) is 1. The summed E-state index contributed by atoms with van der Waals surface area (Å²) in [6, 6.07) is 7.67. The molecule has 2 aliphatic rings. The van der Waals surface area contributed by atoms with Crippen LogP contribution in [-0.2, 0) is 11.8 Å². The number of aromatic nitrogens is 4. The number of benzene rings is 1. The number of methoxy groups -OCH3 is 1. The van der Waals surface area contributed by atoms with E-state index in [4.69, 9.17) is 26.1 Å². The fourth-order valence-corrected chi connectivity index (χ4v) is 5.86. The molecule has 37 heavy (non-hydrogen) atoms. The van der Waals surface area contributed by atoms with Gasteiger partial charge in [0.2, 0.25) is 0 Å². The summed E-state index contributed by atoms with van der Waals surface area (Å²) in [6.07, 6.45) is 4.82. The van der Waals surface area contributed by atoms with Gasteiger partial charge < -0.3 is 24.4 Å². The van der Waals surface area contributed by atoms with Gasteiger partial charge in [-0.2, -0.15) is 5.10 Å². The molecule has 0 aliphatic carbocycles. The van der Waals surface area contributed by atoms with Crippen molar-refractivity contribution in [3.8, 4) is 17.0 Å². The number of hydrogen-bond acceptors (Lipinski definition) is 7. The number of anilines is 1. The Morgan fingerprint density at radius 2 is 2.11 bits per heavy atom. The normalized spacial score (nSPS) is 19.5. The van der Waals surface area contributed by atoms with E-state index < -0.39 is 6.09 Å². The van der Waals surface area contributed by atoms with Crippen molar-refractivity contribution in [3.05, 3.63) is 41.7 Å². The largest absolute Gasteiger partial charge is 0.467 e. The molecule has 0 bridgehead atoms. The van der Waals surface area contributed by atoms with Crippen molar-refractivity contribution in [2.45, 2.75) is 18.9 Å². The van der Waals surface area contributed by atoms with Crippen molar-refractivity contribution in [1.82, 2.24) is 24.6 Å². The van der Waals surface area contributed by atoms with Gasteiger partial charge in [-0.3, -0.25) is 4.68 Å². The van der Waals surface area contributed by atoms with Crippen molar-refractivity contribution in [1.29, 1.82) is 0 Å². The van der Waals surface area contributed by atoms with Crippen LogP contribution in [0.5, 0.6) is 5.75 Å². The number of carbonyl (C=O) groups is 1. The number of likely N-dealkylation sites (tertiary alicyclic amines) is 1. The second-order valence-corrected chi connectivity index (χ2v) is 10.1. The Morgan fingerprint density at radius 3 is 2.92 bits per heavy atom. The van der Waals surface area contributed by atoms with E-state index in [0.29, 0.717) is 41.1 Å². The van der Waals surface area contributed by atoms with Crippen molar-refractivity contribution in [3.63, 3.8) is 0 Å². The van der Waals surface area contributed by atoms with Crippen molar-refractivity contribution >= 4 is 45.3 Å². The molecule has 0 saturated carbocycles. The third-order valence-electron chi connectivity index (χ3n) is 7.32. The zero-order valence-corrected chi connectivity index (χ0v) is 21.4. The molecular weight excluding hydrogens is 496 g/mol. The van der Waals surface area contributed by atoms with Crippen LogP contribution >= 0.6 is 11.6 Å². The molecule has 2 saturated heterocycles. The molecular formula is C26H27ClN6O4. The summed E-state index contributed by atoms with van der Waals surface area (Å²) in [5.41, 5.74) is 3.66. The van der Waals surface area contributed by atoms with Gasteiger partial charge in [0.1, 0.15) is 5.75 Å². The number of pyridine rings is 2. The number of aryl methyl sites for hydroxylation is 1. The van der Waals surface area contributed by atoms with Crippen LogP contribution < -0.4 is 9.64 Å². The topological polar surface area (TPSA) is 106 Å². The standard InChI is InChI=1S/C26H27ClN6O4/c1-31-11-16-6-19(24(37-14-36-2)9-21(16)30-31)22-8-20(27)18-7-17(10-28-25(18)29-22)32-12-15-4-3-5-33(26(34)35)23(15)13-32/h6-11,15,23H,3-5,12-14H2,1-2H3,(H,34,35)/t15-,23+/m0/s1. The van der Waals surface area contributed by atoms with Gasteiger partial charge in [0.15, 0.2) is 12.4 Å². The van der Waals surface area contributed by atoms with Crippen LogP contribution in [0.1, 0.15) is 12.8 Å². The molecule has 3 aromatic heterocycles. The van der Waals surface area contributed by atoms with Gasteiger partial charge in [0.05, 0.1) is 34.2 Å². The molecule has 0 unspecified atom stereocenters. The minimum Gasteiger partial charge on any atom is -0.467 e. The zero-order valence-electron chi connectivity index (χ0n) is 20.6. The summed E-state index contributed by atoms with van der Waals surface area (Å²) in [4.78, 5) is 25.0. The van der Waals surface area contributed by atoms with E-state index in [2.05, 4.69) is 15.0 Å². The van der Waals surface area contributed by atoms with E-state index in [-0.39, 0.29) is 12.8 Å². The number of carboxylic acid groups (broad SMARTS) is 1. The highest BCUT2D eigenvalue weighted by atomic mass is 35.5. The predicted octanol–water partition coefficient (Wildman–Crippen LogP) is 4.40. The molecule has 192 valence electrons. The van der Waals surface area contributed by atoms with Gasteiger partial charge in [-0.1, -0.05) is 11.6 Å². The summed E-state index contributed by atoms with van der Waals surface area (Å²) in [5.74, 6) is 0.916. The Morgan fingerprint density at radius 1 is 1.24 bits per heavy atom. The number of nitrogens with zero attached hydrogens (tertiary/aromatic N) is 6. The first-order chi connectivity index (χ1) is 17.9. The first kappa shape index (κ1) is 23.7. The molecule has 6 rings (SSSR count). The van der Waals surface area contributed by atoms with Crippen molar-refractivity contribution < 1.29 is 19.4 Å². The second kappa shape index (κ2) is 9.35. The SMILES string of the molecule is COCOc1cc2nn(C)cc2cc1-c1cc(Cl)c2cc(N3C[C@@H]4CCCN(C(=O)O)[C@@H]4C3)cnc2n1. The van der Waals surface area contributed by atoms with E-state index in [1.165, 1.54) is 0 Å². The fraction of sp³-hybridized carbons (Fsp3) is 0.385. The maximum absolute atomic E-state index is 11.7. The van der Waals surface area contributed by atoms with Crippen LogP contribution in [0.4, 0.5) is 10.5 Å². The monoisotopic (exact) mass is 522 g/mol. The summed E-state index contributed by atoms with van der Waals surface area (Å²) >= 11 is 6.79. The Kier molecular flexibility index (Phi) is 6.00. The summed E-state index contributed by atoms with van der Waals surface area (Å²) in [7, 11) is 3.44. The second-order valence-electron chi connectivity index (χ2n) is 9.67. The maximum atomic E-state index is 11.7. The molecule has 5 heterocycles. The summed E-state index contributed by atoms with van der Waals surface area (Å²) in [5, 5.41) is 16.3. The highest BCUT2D eigenvalue weighted by Gasteiger charge is 2.41. The van der Waals surface area contributed by atoms with Crippen molar-refractivity contribution in [2.24, 2.45) is 13.0 Å². The molecule has 1 amide bonds. The number of piperidine rings is 1. The lowest BCUT2D eigenvalue weighted by molar-refractivity contribution is 0.0516. The lowest BCUT2D eigenvalue weighted by Gasteiger charge is -2.34. The van der Waals surface area contributed by atoms with Crippen LogP contribution in [0.2, 0.25) is 5.02 Å². The first-order valence-corrected chi connectivity index (χ1v) is 12.6. The third-order valence-corrected chi connectivity index (χ3v) is 7.63. The van der Waals surface area contributed by atoms with Crippen LogP contribution in [0.3, 0.4) is 0 Å². The number of halogens is 1. The van der Waals surface area contributed by atoms with E-state index in [0.717, 1.165) is 46.9 Å². The number of amides is 1. The van der Waals surface area contributed by atoms with Crippen LogP contribution in [-0.4, -0.2) is 75.4 Å². The lowest BCUT2D eigenvalue weighted by Crippen LogP contribution is -2.47. The molecule has 1 aromatic carbocycles. The smallest absolute Gasteiger partial charge is 0.407 e.